The molecule has 1 rings (SSSR count). The van der Waals surface area contributed by atoms with Gasteiger partial charge in [-0.2, -0.15) is 0 Å². The van der Waals surface area contributed by atoms with Crippen molar-refractivity contribution in [2.75, 3.05) is 7.05 Å². The maximum atomic E-state index is 9.11. The Morgan fingerprint density at radius 3 is 2.38 bits per heavy atom. The molecule has 0 heterocycles. The molecule has 1 saturated carbocycles. The average Bonchev–Trinajstić information content (AvgIpc) is 2.47. The molecule has 46 valence electrons. The van der Waals surface area contributed by atoms with Gasteiger partial charge in [-0.15, -0.1) is 0 Å². The van der Waals surface area contributed by atoms with Crippen molar-refractivity contribution in [2.45, 2.75) is 18.4 Å². The van der Waals surface area contributed by atoms with Gasteiger partial charge in [-0.25, -0.2) is 0 Å². The number of likely N-dealkylation sites (N-methyl/N-ethyl adjacent to an activating group) is 1. The first-order valence-corrected chi connectivity index (χ1v) is 2.68. The molecule has 3 N–H and O–H groups in total. The Morgan fingerprint density at radius 2 is 2.25 bits per heavy atom. The van der Waals surface area contributed by atoms with Crippen LogP contribution in [0.5, 0.6) is 0 Å². The van der Waals surface area contributed by atoms with Crippen molar-refractivity contribution < 1.29 is 5.11 Å². The molecule has 8 heavy (non-hydrogen) atoms. The highest BCUT2D eigenvalue weighted by atomic mass is 16.3. The van der Waals surface area contributed by atoms with Gasteiger partial charge in [0, 0.05) is 7.05 Å². The van der Waals surface area contributed by atoms with Crippen LogP contribution < -0.4 is 5.32 Å². The van der Waals surface area contributed by atoms with Crippen molar-refractivity contribution in [2.24, 2.45) is 0 Å². The molecular formula is C5H10N2O. The lowest BCUT2D eigenvalue weighted by atomic mass is 10.3. The van der Waals surface area contributed by atoms with Gasteiger partial charge in [-0.1, -0.05) is 0 Å². The molecule has 0 spiro atoms. The molecule has 0 aromatic carbocycles. The fourth-order valence-electron chi connectivity index (χ4n) is 0.601. The summed E-state index contributed by atoms with van der Waals surface area (Å²) < 4.78 is 0. The molecule has 0 saturated heterocycles. The zero-order valence-corrected chi connectivity index (χ0v) is 4.86. The Morgan fingerprint density at radius 1 is 1.75 bits per heavy atom. The molecule has 0 bridgehead atoms. The Kier molecular flexibility index (Phi) is 1.01. The third-order valence-electron chi connectivity index (χ3n) is 1.44. The van der Waals surface area contributed by atoms with E-state index in [9.17, 15) is 0 Å². The maximum Gasteiger partial charge on any atom is 0.126 e. The summed E-state index contributed by atoms with van der Waals surface area (Å²) in [5, 5.41) is 18.8. The van der Waals surface area contributed by atoms with Crippen molar-refractivity contribution >= 4 is 5.84 Å². The van der Waals surface area contributed by atoms with Gasteiger partial charge in [-0.05, 0) is 12.8 Å². The van der Waals surface area contributed by atoms with E-state index in [0.29, 0.717) is 0 Å². The van der Waals surface area contributed by atoms with Gasteiger partial charge in [0.1, 0.15) is 11.4 Å². The van der Waals surface area contributed by atoms with E-state index in [2.05, 4.69) is 5.32 Å². The van der Waals surface area contributed by atoms with Crippen LogP contribution in [-0.4, -0.2) is 23.6 Å². The third kappa shape index (κ3) is 0.690. The summed E-state index contributed by atoms with van der Waals surface area (Å²) in [6.45, 7) is 0. The molecule has 1 aliphatic carbocycles. The van der Waals surface area contributed by atoms with E-state index in [1.54, 1.807) is 7.05 Å². The minimum Gasteiger partial charge on any atom is -0.382 e. The molecule has 0 aliphatic heterocycles. The first kappa shape index (κ1) is 5.56. The number of amidine groups is 1. The summed E-state index contributed by atoms with van der Waals surface area (Å²) in [7, 11) is 1.65. The molecule has 0 amide bonds. The Labute approximate surface area is 48.2 Å². The van der Waals surface area contributed by atoms with Crippen LogP contribution in [0.2, 0.25) is 0 Å². The number of hydrogen-bond donors (Lipinski definition) is 3. The van der Waals surface area contributed by atoms with E-state index in [4.69, 9.17) is 10.5 Å². The van der Waals surface area contributed by atoms with Crippen LogP contribution in [0.15, 0.2) is 0 Å². The lowest BCUT2D eigenvalue weighted by Crippen LogP contribution is -2.32. The quantitative estimate of drug-likeness (QED) is 0.324. The second kappa shape index (κ2) is 1.45. The van der Waals surface area contributed by atoms with E-state index in [1.165, 1.54) is 0 Å². The lowest BCUT2D eigenvalue weighted by Gasteiger charge is -2.06. The van der Waals surface area contributed by atoms with E-state index in [-0.39, 0.29) is 5.84 Å². The standard InChI is InChI=1S/C5H10N2O/c1-7-4(6)5(8)2-3-5/h8H,2-3H2,1H3,(H2,6,7). The zero-order chi connectivity index (χ0) is 6.20. The van der Waals surface area contributed by atoms with Crippen LogP contribution in [0.1, 0.15) is 12.8 Å². The van der Waals surface area contributed by atoms with Crippen molar-refractivity contribution in [1.82, 2.24) is 5.32 Å². The molecule has 0 aromatic heterocycles. The summed E-state index contributed by atoms with van der Waals surface area (Å²) in [5.41, 5.74) is -0.769. The highest BCUT2D eigenvalue weighted by Crippen LogP contribution is 2.34. The van der Waals surface area contributed by atoms with Crippen LogP contribution in [0.25, 0.3) is 0 Å². The van der Waals surface area contributed by atoms with Crippen molar-refractivity contribution in [3.05, 3.63) is 0 Å². The molecule has 3 nitrogen and oxygen atoms in total. The molecule has 1 fully saturated rings. The van der Waals surface area contributed by atoms with Gasteiger partial charge in [0.15, 0.2) is 0 Å². The topological polar surface area (TPSA) is 56.1 Å². The van der Waals surface area contributed by atoms with Gasteiger partial charge >= 0.3 is 0 Å². The van der Waals surface area contributed by atoms with E-state index in [1.807, 2.05) is 0 Å². The number of hydrogen-bond acceptors (Lipinski definition) is 2. The smallest absolute Gasteiger partial charge is 0.126 e. The van der Waals surface area contributed by atoms with Crippen molar-refractivity contribution in [3.63, 3.8) is 0 Å². The molecule has 3 heteroatoms. The number of rotatable bonds is 1. The van der Waals surface area contributed by atoms with E-state index >= 15 is 0 Å². The highest BCUT2D eigenvalue weighted by molar-refractivity contribution is 5.89. The van der Waals surface area contributed by atoms with Crippen LogP contribution in [-0.2, 0) is 0 Å². The fraction of sp³-hybridized carbons (Fsp3) is 0.800. The number of nitrogens with one attached hydrogen (secondary N) is 2. The summed E-state index contributed by atoms with van der Waals surface area (Å²) >= 11 is 0. The maximum absolute atomic E-state index is 9.11. The normalized spacial score (nSPS) is 22.2. The molecule has 0 atom stereocenters. The summed E-state index contributed by atoms with van der Waals surface area (Å²) in [5.74, 6) is 0.248. The predicted octanol–water partition coefficient (Wildman–Crippen LogP) is -0.292. The minimum atomic E-state index is -0.769. The Balaban J connectivity index is 2.46. The lowest BCUT2D eigenvalue weighted by molar-refractivity contribution is 0.217. The summed E-state index contributed by atoms with van der Waals surface area (Å²) in [4.78, 5) is 0. The van der Waals surface area contributed by atoms with E-state index < -0.39 is 5.60 Å². The molecule has 0 aromatic rings. The zero-order valence-electron chi connectivity index (χ0n) is 4.86. The van der Waals surface area contributed by atoms with Gasteiger partial charge in [0.05, 0.1) is 0 Å². The average molecular weight is 114 g/mol. The van der Waals surface area contributed by atoms with Gasteiger partial charge in [0.25, 0.3) is 0 Å². The van der Waals surface area contributed by atoms with Crippen LogP contribution in [0, 0.1) is 5.41 Å². The number of aliphatic hydroxyl groups is 1. The fourth-order valence-corrected chi connectivity index (χ4v) is 0.601. The molecule has 0 unspecified atom stereocenters. The van der Waals surface area contributed by atoms with Crippen molar-refractivity contribution in [3.8, 4) is 0 Å². The Hall–Kier alpha value is -0.570. The van der Waals surface area contributed by atoms with Gasteiger partial charge in [-0.3, -0.25) is 5.41 Å². The molecule has 0 radical (unpaired) electrons. The predicted molar refractivity (Wildman–Crippen MR) is 31.0 cm³/mol. The summed E-state index contributed by atoms with van der Waals surface area (Å²) in [6, 6.07) is 0. The first-order valence-electron chi connectivity index (χ1n) is 2.68. The third-order valence-corrected chi connectivity index (χ3v) is 1.44. The van der Waals surface area contributed by atoms with Crippen molar-refractivity contribution in [1.29, 1.82) is 5.41 Å². The monoisotopic (exact) mass is 114 g/mol. The van der Waals surface area contributed by atoms with Gasteiger partial charge < -0.3 is 10.4 Å². The Bertz CT molecular complexity index is 118. The highest BCUT2D eigenvalue weighted by Gasteiger charge is 2.44. The summed E-state index contributed by atoms with van der Waals surface area (Å²) in [6.07, 6.45) is 1.49. The van der Waals surface area contributed by atoms with E-state index in [0.717, 1.165) is 12.8 Å². The minimum absolute atomic E-state index is 0.248. The first-order chi connectivity index (χ1) is 3.69. The largest absolute Gasteiger partial charge is 0.382 e. The van der Waals surface area contributed by atoms with Crippen LogP contribution in [0.4, 0.5) is 0 Å². The van der Waals surface area contributed by atoms with Crippen LogP contribution in [0.3, 0.4) is 0 Å². The SMILES string of the molecule is CNC(=N)C1(O)CC1. The van der Waals surface area contributed by atoms with Gasteiger partial charge in [0.2, 0.25) is 0 Å². The molecular weight excluding hydrogens is 104 g/mol. The second-order valence-corrected chi connectivity index (χ2v) is 2.16. The second-order valence-electron chi connectivity index (χ2n) is 2.16. The molecule has 1 aliphatic rings. The van der Waals surface area contributed by atoms with Crippen LogP contribution >= 0.6 is 0 Å².